The number of nitrogens with one attached hydrogen (secondary N) is 3. The van der Waals surface area contributed by atoms with Crippen molar-refractivity contribution in [2.75, 3.05) is 12.4 Å². The summed E-state index contributed by atoms with van der Waals surface area (Å²) in [6, 6.07) is -0.298. The summed E-state index contributed by atoms with van der Waals surface area (Å²) in [5.74, 6) is -2.09. The number of carbonyl (C=O) groups excluding carboxylic acids is 6. The van der Waals surface area contributed by atoms with Crippen LogP contribution < -0.4 is 16.0 Å². The lowest BCUT2D eigenvalue weighted by atomic mass is 10.0. The lowest BCUT2D eigenvalue weighted by Gasteiger charge is -2.23. The monoisotopic (exact) mass is 838 g/mol. The van der Waals surface area contributed by atoms with Crippen molar-refractivity contribution in [2.45, 2.75) is 156 Å². The van der Waals surface area contributed by atoms with E-state index in [4.69, 9.17) is 14.2 Å². The Morgan fingerprint density at radius 1 is 1.04 bits per heavy atom. The van der Waals surface area contributed by atoms with E-state index in [1.165, 1.54) is 29.6 Å². The van der Waals surface area contributed by atoms with E-state index in [0.717, 1.165) is 43.1 Å². The Labute approximate surface area is 343 Å². The molecule has 1 rings (SSSR count). The third-order valence-electron chi connectivity index (χ3n) is 7.78. The van der Waals surface area contributed by atoms with Crippen LogP contribution in [0.1, 0.15) is 122 Å². The van der Waals surface area contributed by atoms with Crippen molar-refractivity contribution in [1.82, 2.24) is 20.9 Å². The van der Waals surface area contributed by atoms with Gasteiger partial charge in [-0.3, -0.25) is 19.2 Å². The van der Waals surface area contributed by atoms with E-state index < -0.39 is 55.7 Å². The number of ether oxygens (including phenoxy) is 3. The fourth-order valence-corrected chi connectivity index (χ4v) is 7.03. The molecule has 0 aliphatic rings. The van der Waals surface area contributed by atoms with Crippen LogP contribution in [0.4, 0.5) is 4.79 Å². The number of hydrogen-bond donors (Lipinski definition) is 3. The number of amides is 3. The lowest BCUT2D eigenvalue weighted by Crippen LogP contribution is -2.46. The van der Waals surface area contributed by atoms with Crippen molar-refractivity contribution in [3.63, 3.8) is 0 Å². The second-order valence-corrected chi connectivity index (χ2v) is 23.8. The van der Waals surface area contributed by atoms with Gasteiger partial charge in [-0.1, -0.05) is 90.0 Å². The number of esters is 2. The quantitative estimate of drug-likeness (QED) is 0.0217. The van der Waals surface area contributed by atoms with E-state index >= 15 is 0 Å². The Balaban J connectivity index is 2.95. The van der Waals surface area contributed by atoms with E-state index in [0.29, 0.717) is 23.6 Å². The van der Waals surface area contributed by atoms with Crippen LogP contribution in [0.3, 0.4) is 0 Å². The molecule has 1 heterocycles. The molecule has 2 atom stereocenters. The average Bonchev–Trinajstić information content (AvgIpc) is 3.57. The summed E-state index contributed by atoms with van der Waals surface area (Å²) in [7, 11) is -1.44. The number of carbonyl (C=O) groups is 6. The predicted molar refractivity (Wildman–Crippen MR) is 226 cm³/mol. The van der Waals surface area contributed by atoms with E-state index in [-0.39, 0.29) is 48.4 Å². The molecular formula is C40H66N4O9S2Si. The summed E-state index contributed by atoms with van der Waals surface area (Å²) in [4.78, 5) is 81.4. The molecule has 3 N–H and O–H groups in total. The molecule has 0 aliphatic carbocycles. The molecule has 0 radical (unpaired) electrons. The number of nitrogens with zero attached hydrogens (tertiary/aromatic N) is 1. The van der Waals surface area contributed by atoms with Crippen LogP contribution in [0.5, 0.6) is 0 Å². The molecule has 1 aromatic rings. The lowest BCUT2D eigenvalue weighted by molar-refractivity contribution is -0.155. The highest BCUT2D eigenvalue weighted by Crippen LogP contribution is 2.16. The SMILES string of the molecule is C/C=C(\NC(=O)c1csc(CNC(=O)OC(C)(C)C)n1)C(=O)N[C@@H](CC(C)C)C(=O)O[C@H](/C=C/CCSC(=O)CCCCCCC)CC(=O)OCC[Si](C)(C)C. The van der Waals surface area contributed by atoms with Crippen LogP contribution in [-0.2, 0) is 39.9 Å². The third-order valence-corrected chi connectivity index (χ3v) is 11.3. The fourth-order valence-electron chi connectivity index (χ4n) is 4.83. The summed E-state index contributed by atoms with van der Waals surface area (Å²) in [5.41, 5.74) is -0.729. The number of aromatic nitrogens is 1. The van der Waals surface area contributed by atoms with Gasteiger partial charge in [0.05, 0.1) is 19.6 Å². The molecule has 16 heteroatoms. The van der Waals surface area contributed by atoms with Crippen LogP contribution in [0.15, 0.2) is 29.3 Å². The van der Waals surface area contributed by atoms with Gasteiger partial charge in [0.25, 0.3) is 11.8 Å². The number of hydrogen-bond acceptors (Lipinski definition) is 12. The standard InChI is InChI=1S/C40H66N4O9S2Si/c1-11-13-14-15-16-20-35(46)54-22-18-17-19-29(25-34(45)51-21-23-56(8,9)10)52-38(49)31(24-28(3)4)44-36(47)30(12-2)43-37(48)32-27-55-33(42-32)26-41-39(50)53-40(5,6)7/h12,17,19,27-29,31H,11,13-16,18,20-26H2,1-10H3,(H,41,50)(H,43,48)(H,44,47)/b19-17+,30-12-/t29-,31+/m1/s1. The molecule has 0 fully saturated rings. The zero-order valence-corrected chi connectivity index (χ0v) is 37.8. The molecule has 0 saturated heterocycles. The van der Waals surface area contributed by atoms with Gasteiger partial charge in [-0.25, -0.2) is 14.6 Å². The predicted octanol–water partition coefficient (Wildman–Crippen LogP) is 8.08. The Morgan fingerprint density at radius 3 is 2.36 bits per heavy atom. The molecule has 56 heavy (non-hydrogen) atoms. The number of alkyl carbamates (subject to hydrolysis) is 1. The number of allylic oxidation sites excluding steroid dienone is 2. The van der Waals surface area contributed by atoms with Crippen LogP contribution in [-0.4, -0.2) is 78.1 Å². The first-order chi connectivity index (χ1) is 26.2. The molecule has 13 nitrogen and oxygen atoms in total. The largest absolute Gasteiger partial charge is 0.466 e. The number of rotatable bonds is 25. The van der Waals surface area contributed by atoms with E-state index in [1.54, 1.807) is 39.8 Å². The number of thioether (sulfide) groups is 1. The van der Waals surface area contributed by atoms with Crippen molar-refractivity contribution in [2.24, 2.45) is 5.92 Å². The molecule has 0 unspecified atom stereocenters. The van der Waals surface area contributed by atoms with Crippen molar-refractivity contribution in [3.8, 4) is 0 Å². The molecule has 0 aromatic carbocycles. The second kappa shape index (κ2) is 26.4. The zero-order chi connectivity index (χ0) is 42.3. The van der Waals surface area contributed by atoms with Crippen molar-refractivity contribution < 1.29 is 43.0 Å². The maximum absolute atomic E-state index is 13.6. The van der Waals surface area contributed by atoms with Crippen molar-refractivity contribution in [3.05, 3.63) is 40.0 Å². The fraction of sp³-hybridized carbons (Fsp3) is 0.675. The first-order valence-corrected chi connectivity index (χ1v) is 25.2. The Morgan fingerprint density at radius 2 is 1.73 bits per heavy atom. The minimum absolute atomic E-state index is 0.0269. The molecule has 316 valence electrons. The maximum atomic E-state index is 13.6. The van der Waals surface area contributed by atoms with E-state index in [1.807, 2.05) is 13.8 Å². The van der Waals surface area contributed by atoms with Gasteiger partial charge in [-0.15, -0.1) is 11.3 Å². The highest BCUT2D eigenvalue weighted by Gasteiger charge is 2.29. The van der Waals surface area contributed by atoms with Crippen LogP contribution in [0, 0.1) is 5.92 Å². The van der Waals surface area contributed by atoms with E-state index in [9.17, 15) is 28.8 Å². The van der Waals surface area contributed by atoms with Crippen LogP contribution in [0.25, 0.3) is 0 Å². The van der Waals surface area contributed by atoms with Gasteiger partial charge >= 0.3 is 18.0 Å². The molecule has 0 spiro atoms. The smallest absolute Gasteiger partial charge is 0.408 e. The average molecular weight is 839 g/mol. The molecule has 3 amide bonds. The Bertz CT molecular complexity index is 1480. The van der Waals surface area contributed by atoms with Gasteiger partial charge in [0.1, 0.15) is 34.1 Å². The normalized spacial score (nSPS) is 13.2. The first kappa shape index (κ1) is 50.5. The topological polar surface area (TPSA) is 179 Å². The van der Waals surface area contributed by atoms with Gasteiger partial charge in [0.2, 0.25) is 0 Å². The first-order valence-electron chi connectivity index (χ1n) is 19.6. The van der Waals surface area contributed by atoms with Gasteiger partial charge in [-0.05, 0) is 65.0 Å². The summed E-state index contributed by atoms with van der Waals surface area (Å²) >= 11 is 2.43. The van der Waals surface area contributed by atoms with Gasteiger partial charge < -0.3 is 30.2 Å². The minimum atomic E-state index is -1.44. The third kappa shape index (κ3) is 24.2. The summed E-state index contributed by atoms with van der Waals surface area (Å²) in [6.45, 7) is 19.6. The van der Waals surface area contributed by atoms with Crippen LogP contribution >= 0.6 is 23.1 Å². The molecule has 0 aliphatic heterocycles. The van der Waals surface area contributed by atoms with Crippen molar-refractivity contribution >= 4 is 66.1 Å². The molecular weight excluding hydrogens is 773 g/mol. The summed E-state index contributed by atoms with van der Waals surface area (Å²) < 4.78 is 16.5. The molecule has 1 aromatic heterocycles. The van der Waals surface area contributed by atoms with Gasteiger partial charge in [-0.2, -0.15) is 0 Å². The number of thiazole rings is 1. The highest BCUT2D eigenvalue weighted by atomic mass is 32.2. The Kier molecular flexibility index (Phi) is 23.8. The minimum Gasteiger partial charge on any atom is -0.466 e. The zero-order valence-electron chi connectivity index (χ0n) is 35.2. The second-order valence-electron chi connectivity index (χ2n) is 16.1. The van der Waals surface area contributed by atoms with Gasteiger partial charge in [0, 0.05) is 25.6 Å². The van der Waals surface area contributed by atoms with E-state index in [2.05, 4.69) is 47.5 Å². The molecule has 0 saturated carbocycles. The van der Waals surface area contributed by atoms with Crippen molar-refractivity contribution in [1.29, 1.82) is 0 Å². The summed E-state index contributed by atoms with van der Waals surface area (Å²) in [6.07, 6.45) is 9.74. The highest BCUT2D eigenvalue weighted by molar-refractivity contribution is 8.13. The summed E-state index contributed by atoms with van der Waals surface area (Å²) in [5, 5.41) is 9.93. The number of unbranched alkanes of at least 4 members (excludes halogenated alkanes) is 4. The molecule has 0 bridgehead atoms. The maximum Gasteiger partial charge on any atom is 0.408 e. The van der Waals surface area contributed by atoms with Crippen LogP contribution in [0.2, 0.25) is 25.7 Å². The Hall–Kier alpha value is -3.50. The van der Waals surface area contributed by atoms with Gasteiger partial charge in [0.15, 0.2) is 5.12 Å².